The molecule has 0 bridgehead atoms. The first-order chi connectivity index (χ1) is 14.8. The van der Waals surface area contributed by atoms with Crippen molar-refractivity contribution < 1.29 is 23.1 Å². The van der Waals surface area contributed by atoms with Crippen LogP contribution in [-0.2, 0) is 14.8 Å². The quantitative estimate of drug-likeness (QED) is 0.310. The zero-order valence-corrected chi connectivity index (χ0v) is 18.4. The Balaban J connectivity index is 2.30. The molecule has 0 heterocycles. The van der Waals surface area contributed by atoms with Crippen molar-refractivity contribution in [2.45, 2.75) is 37.7 Å². The Kier molecular flexibility index (Phi) is 8.87. The number of esters is 1. The summed E-state index contributed by atoms with van der Waals surface area (Å²) in [6.07, 6.45) is -0.164. The molecule has 0 spiro atoms. The van der Waals surface area contributed by atoms with Crippen molar-refractivity contribution in [3.8, 4) is 0 Å². The molecule has 0 aliphatic rings. The molecule has 0 radical (unpaired) electrons. The molecule has 10 heteroatoms. The van der Waals surface area contributed by atoms with E-state index >= 15 is 0 Å². The van der Waals surface area contributed by atoms with Crippen LogP contribution < -0.4 is 9.22 Å². The molecule has 0 aromatic heterocycles. The van der Waals surface area contributed by atoms with E-state index in [9.17, 15) is 18.3 Å². The van der Waals surface area contributed by atoms with Crippen molar-refractivity contribution in [1.29, 1.82) is 5.53 Å². The highest BCUT2D eigenvalue weighted by Gasteiger charge is 2.25. The molecule has 0 fully saturated rings. The number of aryl methyl sites for hydroxylation is 1. The number of ether oxygens (including phenoxy) is 1. The molecule has 1 unspecified atom stereocenters. The van der Waals surface area contributed by atoms with Crippen molar-refractivity contribution in [3.63, 3.8) is 0 Å². The Morgan fingerprint density at radius 3 is 2.42 bits per heavy atom. The van der Waals surface area contributed by atoms with E-state index in [1.165, 1.54) is 16.4 Å². The normalized spacial score (nSPS) is 12.0. The number of rotatable bonds is 11. The summed E-state index contributed by atoms with van der Waals surface area (Å²) in [5, 5.41) is 13.3. The summed E-state index contributed by atoms with van der Waals surface area (Å²) in [6, 6.07) is 12.7. The van der Waals surface area contributed by atoms with E-state index in [1.807, 2.05) is 6.92 Å². The first kappa shape index (κ1) is 24.2. The van der Waals surface area contributed by atoms with Gasteiger partial charge in [-0.25, -0.2) is 13.2 Å². The van der Waals surface area contributed by atoms with Crippen LogP contribution in [0.2, 0.25) is 0 Å². The number of carbonyl (C=O) groups excluding carboxylic acids is 1. The summed E-state index contributed by atoms with van der Waals surface area (Å²) >= 11 is 0. The highest BCUT2D eigenvalue weighted by atomic mass is 32.2. The Hall–Kier alpha value is -3.07. The molecule has 31 heavy (non-hydrogen) atoms. The molecule has 1 atom stereocenters. The average molecular weight is 448 g/mol. The number of aliphatic hydroxyl groups excluding tert-OH is 1. The summed E-state index contributed by atoms with van der Waals surface area (Å²) in [5.74, 6) is -0.478. The maximum atomic E-state index is 13.3. The van der Waals surface area contributed by atoms with Crippen molar-refractivity contribution in [2.75, 3.05) is 24.0 Å². The van der Waals surface area contributed by atoms with Gasteiger partial charge in [-0.3, -0.25) is 4.31 Å². The second kappa shape index (κ2) is 11.4. The van der Waals surface area contributed by atoms with Gasteiger partial charge >= 0.3 is 5.97 Å². The molecule has 0 aliphatic heterocycles. The lowest BCUT2D eigenvalue weighted by Crippen LogP contribution is -2.32. The predicted molar refractivity (Wildman–Crippen MR) is 115 cm³/mol. The topological polar surface area (TPSA) is 134 Å². The monoisotopic (exact) mass is 447 g/mol. The fraction of sp³-hybridized carbons (Fsp3) is 0.381. The smallest absolute Gasteiger partial charge is 0.338 e. The van der Waals surface area contributed by atoms with Gasteiger partial charge in [0.15, 0.2) is 0 Å². The molecule has 166 valence electrons. The summed E-state index contributed by atoms with van der Waals surface area (Å²) in [4.78, 5) is 14.9. The summed E-state index contributed by atoms with van der Waals surface area (Å²) in [6.45, 7) is 3.93. The van der Waals surface area contributed by atoms with E-state index < -0.39 is 22.1 Å². The largest absolute Gasteiger partial charge is 0.462 e. The molecule has 0 saturated heterocycles. The van der Waals surface area contributed by atoms with Gasteiger partial charge in [-0.15, -0.1) is 0 Å². The van der Waals surface area contributed by atoms with Gasteiger partial charge in [0.05, 0.1) is 28.9 Å². The molecule has 2 aromatic carbocycles. The van der Waals surface area contributed by atoms with Gasteiger partial charge in [0, 0.05) is 6.54 Å². The molecule has 2 aromatic rings. The summed E-state index contributed by atoms with van der Waals surface area (Å²) in [7, 11) is -3.87. The van der Waals surface area contributed by atoms with Crippen molar-refractivity contribution in [2.24, 2.45) is 5.11 Å². The third-order valence-corrected chi connectivity index (χ3v) is 6.38. The van der Waals surface area contributed by atoms with Crippen LogP contribution in [0.5, 0.6) is 0 Å². The molecule has 2 N–H and O–H groups in total. The van der Waals surface area contributed by atoms with E-state index in [0.29, 0.717) is 24.1 Å². The number of anilines is 1. The van der Waals surface area contributed by atoms with Gasteiger partial charge in [-0.2, -0.15) is 0 Å². The van der Waals surface area contributed by atoms with Gasteiger partial charge in [-0.1, -0.05) is 17.7 Å². The number of nitrogens with one attached hydrogen (secondary N) is 1. The first-order valence-electron chi connectivity index (χ1n) is 9.87. The molecule has 0 amide bonds. The highest BCUT2D eigenvalue weighted by Crippen LogP contribution is 2.25. The lowest BCUT2D eigenvalue weighted by molar-refractivity contribution is 0.0526. The lowest BCUT2D eigenvalue weighted by atomic mass is 10.2. The second-order valence-corrected chi connectivity index (χ2v) is 8.74. The van der Waals surface area contributed by atoms with Gasteiger partial charge in [0.2, 0.25) is 4.91 Å². The zero-order chi connectivity index (χ0) is 22.9. The van der Waals surface area contributed by atoms with E-state index in [4.69, 9.17) is 10.3 Å². The number of hydrogen-bond acceptors (Lipinski definition) is 7. The van der Waals surface area contributed by atoms with Crippen molar-refractivity contribution in [3.05, 3.63) is 59.7 Å². The molecule has 9 nitrogen and oxygen atoms in total. The van der Waals surface area contributed by atoms with Crippen LogP contribution in [0.3, 0.4) is 0 Å². The molecule has 2 rings (SSSR count). The van der Waals surface area contributed by atoms with Crippen molar-refractivity contribution >= 4 is 21.7 Å². The van der Waals surface area contributed by atoms with Crippen LogP contribution >= 0.6 is 0 Å². The highest BCUT2D eigenvalue weighted by molar-refractivity contribution is 7.92. The van der Waals surface area contributed by atoms with E-state index in [-0.39, 0.29) is 24.6 Å². The van der Waals surface area contributed by atoms with E-state index in [0.717, 1.165) is 5.56 Å². The molecular weight excluding hydrogens is 420 g/mol. The Bertz CT molecular complexity index is 1020. The Morgan fingerprint density at radius 2 is 1.84 bits per heavy atom. The number of carbonyl (C=O) groups is 1. The number of nitrogens with zero attached hydrogens (tertiary/aromatic N) is 3. The van der Waals surface area contributed by atoms with E-state index in [2.05, 4.69) is 10.0 Å². The number of sulfonamides is 1. The third kappa shape index (κ3) is 6.71. The maximum absolute atomic E-state index is 13.3. The SMILES string of the molecule is CCOC(=O)c1ccc(N(CCCC(O)CN=[N+]=N)S(=O)(=O)c2ccc(C)cc2)cc1. The fourth-order valence-electron chi connectivity index (χ4n) is 2.90. The van der Waals surface area contributed by atoms with Crippen LogP contribution in [0, 0.1) is 12.5 Å². The minimum atomic E-state index is -3.87. The Labute approximate surface area is 181 Å². The van der Waals surface area contributed by atoms with Gasteiger partial charge in [-0.05, 0) is 63.1 Å². The minimum Gasteiger partial charge on any atom is -0.462 e. The number of aliphatic hydroxyl groups is 1. The average Bonchev–Trinajstić information content (AvgIpc) is 2.75. The van der Waals surface area contributed by atoms with Crippen molar-refractivity contribution in [1.82, 2.24) is 4.91 Å². The van der Waals surface area contributed by atoms with Crippen LogP contribution in [0.4, 0.5) is 5.69 Å². The summed E-state index contributed by atoms with van der Waals surface area (Å²) in [5.41, 5.74) is 8.31. The number of hydrogen-bond donors (Lipinski definition) is 2. The van der Waals surface area contributed by atoms with Crippen LogP contribution in [0.1, 0.15) is 35.7 Å². The lowest BCUT2D eigenvalue weighted by Gasteiger charge is -2.25. The maximum Gasteiger partial charge on any atom is 0.338 e. The fourth-order valence-corrected chi connectivity index (χ4v) is 4.40. The third-order valence-electron chi connectivity index (χ3n) is 4.54. The van der Waals surface area contributed by atoms with Gasteiger partial charge < -0.3 is 9.84 Å². The predicted octanol–water partition coefficient (Wildman–Crippen LogP) is 3.06. The van der Waals surface area contributed by atoms with Crippen LogP contribution in [-0.4, -0.2) is 45.3 Å². The Morgan fingerprint density at radius 1 is 1.19 bits per heavy atom. The number of benzene rings is 2. The van der Waals surface area contributed by atoms with E-state index in [1.54, 1.807) is 43.3 Å². The summed E-state index contributed by atoms with van der Waals surface area (Å²) < 4.78 is 32.9. The molecular formula is C21H27N4O5S+. The van der Waals surface area contributed by atoms with Gasteiger partial charge in [0.1, 0.15) is 17.2 Å². The standard InChI is InChI=1S/C21H27N4O5S/c1-3-30-21(27)17-8-10-18(11-9-17)25(14-4-5-19(26)15-23-24-22)31(28,29)20-12-6-16(2)7-13-20/h6-13,19,22,26H,3-5,14-15H2,1-2H3/q+1. The zero-order valence-electron chi connectivity index (χ0n) is 17.6. The second-order valence-electron chi connectivity index (χ2n) is 6.88. The first-order valence-corrected chi connectivity index (χ1v) is 11.3. The van der Waals surface area contributed by atoms with Gasteiger partial charge in [0.25, 0.3) is 10.0 Å². The molecule has 0 saturated carbocycles. The van der Waals surface area contributed by atoms with Crippen LogP contribution in [0.25, 0.3) is 0 Å². The van der Waals surface area contributed by atoms with Crippen LogP contribution in [0.15, 0.2) is 58.5 Å². The molecule has 0 aliphatic carbocycles. The minimum absolute atomic E-state index is 0.0115.